The van der Waals surface area contributed by atoms with E-state index in [2.05, 4.69) is 13.8 Å². The van der Waals surface area contributed by atoms with E-state index in [1.165, 1.54) is 32.1 Å². The molecular weight excluding hydrogens is 148 g/mol. The van der Waals surface area contributed by atoms with Gasteiger partial charge < -0.3 is 4.74 Å². The Morgan fingerprint density at radius 3 is 2.83 bits per heavy atom. The van der Waals surface area contributed by atoms with Gasteiger partial charge in [-0.3, -0.25) is 0 Å². The van der Waals surface area contributed by atoms with Crippen LogP contribution < -0.4 is 0 Å². The highest BCUT2D eigenvalue weighted by Crippen LogP contribution is 2.54. The lowest BCUT2D eigenvalue weighted by molar-refractivity contribution is 0.0720. The molecule has 1 heteroatoms. The van der Waals surface area contributed by atoms with Gasteiger partial charge in [0.25, 0.3) is 0 Å². The molecular formula is C11H20O. The Balaban J connectivity index is 1.86. The van der Waals surface area contributed by atoms with Crippen LogP contribution in [0.3, 0.4) is 0 Å². The van der Waals surface area contributed by atoms with Gasteiger partial charge in [0.2, 0.25) is 0 Å². The molecule has 2 aliphatic rings. The van der Waals surface area contributed by atoms with Crippen LogP contribution in [-0.4, -0.2) is 12.7 Å². The van der Waals surface area contributed by atoms with Crippen LogP contribution in [0.2, 0.25) is 0 Å². The molecule has 12 heavy (non-hydrogen) atoms. The predicted octanol–water partition coefficient (Wildman–Crippen LogP) is 2.99. The molecule has 70 valence electrons. The molecule has 0 radical (unpaired) electrons. The lowest BCUT2D eigenvalue weighted by Crippen LogP contribution is -2.38. The highest BCUT2D eigenvalue weighted by atomic mass is 16.5. The van der Waals surface area contributed by atoms with Crippen molar-refractivity contribution in [3.63, 3.8) is 0 Å². The van der Waals surface area contributed by atoms with Gasteiger partial charge in [-0.25, -0.2) is 0 Å². The summed E-state index contributed by atoms with van der Waals surface area (Å²) in [6.45, 7) is 5.69. The maximum atomic E-state index is 5.85. The van der Waals surface area contributed by atoms with E-state index >= 15 is 0 Å². The third-order valence-electron chi connectivity index (χ3n) is 3.84. The van der Waals surface area contributed by atoms with E-state index in [4.69, 9.17) is 4.74 Å². The van der Waals surface area contributed by atoms with Gasteiger partial charge in [0.05, 0.1) is 12.7 Å². The molecule has 0 unspecified atom stereocenters. The summed E-state index contributed by atoms with van der Waals surface area (Å²) in [5.74, 6) is 0.907. The Labute approximate surface area is 75.5 Å². The van der Waals surface area contributed by atoms with Gasteiger partial charge in [0.15, 0.2) is 0 Å². The highest BCUT2D eigenvalue weighted by molar-refractivity contribution is 5.00. The number of hydrogen-bond donors (Lipinski definition) is 0. The minimum Gasteiger partial charge on any atom is -0.377 e. The molecule has 0 aromatic rings. The average Bonchev–Trinajstić information content (AvgIpc) is 2.25. The fourth-order valence-corrected chi connectivity index (χ4v) is 2.72. The maximum absolute atomic E-state index is 5.85. The van der Waals surface area contributed by atoms with Crippen LogP contribution in [0, 0.1) is 11.3 Å². The van der Waals surface area contributed by atoms with E-state index in [9.17, 15) is 0 Å². The molecule has 1 saturated heterocycles. The van der Waals surface area contributed by atoms with Gasteiger partial charge in [-0.2, -0.15) is 0 Å². The molecule has 2 rings (SSSR count). The van der Waals surface area contributed by atoms with Crippen molar-refractivity contribution < 1.29 is 4.74 Å². The minimum atomic E-state index is 0.582. The van der Waals surface area contributed by atoms with Crippen LogP contribution in [0.1, 0.15) is 46.0 Å². The van der Waals surface area contributed by atoms with Crippen LogP contribution in [0.5, 0.6) is 0 Å². The third kappa shape index (κ3) is 1.19. The first-order valence-electron chi connectivity index (χ1n) is 5.38. The second-order valence-electron chi connectivity index (χ2n) is 4.79. The van der Waals surface area contributed by atoms with Gasteiger partial charge in [0.1, 0.15) is 0 Å². The highest BCUT2D eigenvalue weighted by Gasteiger charge is 2.51. The summed E-state index contributed by atoms with van der Waals surface area (Å²) in [6.07, 6.45) is 7.39. The fourth-order valence-electron chi connectivity index (χ4n) is 2.72. The largest absolute Gasteiger partial charge is 0.377 e. The van der Waals surface area contributed by atoms with Gasteiger partial charge in [-0.15, -0.1) is 0 Å². The molecule has 0 aromatic heterocycles. The standard InChI is InChI=1S/C11H20O/c1-3-4-5-10-9-6-7-11(9,2)8-12-10/h9-10H,3-8H2,1-2H3/t9-,10-,11+/m1/s1. The van der Waals surface area contributed by atoms with Crippen LogP contribution in [0.25, 0.3) is 0 Å². The van der Waals surface area contributed by atoms with Crippen LogP contribution in [0.15, 0.2) is 0 Å². The van der Waals surface area contributed by atoms with Crippen molar-refractivity contribution in [3.8, 4) is 0 Å². The summed E-state index contributed by atoms with van der Waals surface area (Å²) >= 11 is 0. The maximum Gasteiger partial charge on any atom is 0.0609 e. The van der Waals surface area contributed by atoms with E-state index < -0.39 is 0 Å². The first-order chi connectivity index (χ1) is 5.76. The van der Waals surface area contributed by atoms with Crippen molar-refractivity contribution in [2.45, 2.75) is 52.1 Å². The quantitative estimate of drug-likeness (QED) is 0.629. The summed E-state index contributed by atoms with van der Waals surface area (Å²) in [6, 6.07) is 0. The Bertz CT molecular complexity index is 166. The zero-order valence-electron chi connectivity index (χ0n) is 8.31. The van der Waals surface area contributed by atoms with Crippen molar-refractivity contribution in [3.05, 3.63) is 0 Å². The molecule has 0 spiro atoms. The van der Waals surface area contributed by atoms with Gasteiger partial charge in [-0.05, 0) is 30.6 Å². The number of fused-ring (bicyclic) bond motifs is 1. The topological polar surface area (TPSA) is 9.23 Å². The van der Waals surface area contributed by atoms with Crippen molar-refractivity contribution in [2.24, 2.45) is 11.3 Å². The molecule has 1 nitrogen and oxygen atoms in total. The van der Waals surface area contributed by atoms with Crippen LogP contribution in [-0.2, 0) is 4.74 Å². The summed E-state index contributed by atoms with van der Waals surface area (Å²) in [4.78, 5) is 0. The second-order valence-corrected chi connectivity index (χ2v) is 4.79. The molecule has 1 saturated carbocycles. The van der Waals surface area contributed by atoms with Crippen LogP contribution in [0.4, 0.5) is 0 Å². The van der Waals surface area contributed by atoms with E-state index in [-0.39, 0.29) is 0 Å². The van der Waals surface area contributed by atoms with Crippen LogP contribution >= 0.6 is 0 Å². The lowest BCUT2D eigenvalue weighted by atomic mass is 9.61. The SMILES string of the molecule is CCCC[C@H]1OC[C@]2(C)CC[C@H]12. The lowest BCUT2D eigenvalue weighted by Gasteiger charge is -2.42. The number of unbranched alkanes of at least 4 members (excludes halogenated alkanes) is 1. The summed E-state index contributed by atoms with van der Waals surface area (Å²) in [7, 11) is 0. The summed E-state index contributed by atoms with van der Waals surface area (Å²) in [5, 5.41) is 0. The number of hydrogen-bond acceptors (Lipinski definition) is 1. The molecule has 2 fully saturated rings. The molecule has 0 amide bonds. The minimum absolute atomic E-state index is 0.582. The van der Waals surface area contributed by atoms with Gasteiger partial charge in [-0.1, -0.05) is 26.7 Å². The first kappa shape index (κ1) is 8.55. The van der Waals surface area contributed by atoms with Crippen molar-refractivity contribution >= 4 is 0 Å². The van der Waals surface area contributed by atoms with Crippen molar-refractivity contribution in [2.75, 3.05) is 6.61 Å². The Kier molecular flexibility index (Phi) is 2.16. The Morgan fingerprint density at radius 1 is 1.50 bits per heavy atom. The first-order valence-corrected chi connectivity index (χ1v) is 5.38. The normalized spacial score (nSPS) is 45.5. The molecule has 1 aliphatic heterocycles. The van der Waals surface area contributed by atoms with Crippen molar-refractivity contribution in [1.29, 1.82) is 0 Å². The summed E-state index contributed by atoms with van der Waals surface area (Å²) in [5.41, 5.74) is 0.582. The van der Waals surface area contributed by atoms with Crippen molar-refractivity contribution in [1.82, 2.24) is 0 Å². The molecule has 0 N–H and O–H groups in total. The fraction of sp³-hybridized carbons (Fsp3) is 1.00. The Morgan fingerprint density at radius 2 is 2.33 bits per heavy atom. The summed E-state index contributed by atoms with van der Waals surface area (Å²) < 4.78 is 5.85. The Hall–Kier alpha value is -0.0400. The van der Waals surface area contributed by atoms with E-state index in [1.54, 1.807) is 0 Å². The molecule has 3 atom stereocenters. The van der Waals surface area contributed by atoms with E-state index in [0.717, 1.165) is 12.5 Å². The zero-order chi connectivity index (χ0) is 8.60. The smallest absolute Gasteiger partial charge is 0.0609 e. The molecule has 1 aliphatic carbocycles. The van der Waals surface area contributed by atoms with E-state index in [1.807, 2.05) is 0 Å². The molecule has 0 aromatic carbocycles. The molecule has 1 heterocycles. The van der Waals surface area contributed by atoms with E-state index in [0.29, 0.717) is 11.5 Å². The zero-order valence-corrected chi connectivity index (χ0v) is 8.31. The predicted molar refractivity (Wildman–Crippen MR) is 50.1 cm³/mol. The monoisotopic (exact) mass is 168 g/mol. The van der Waals surface area contributed by atoms with Gasteiger partial charge >= 0.3 is 0 Å². The number of ether oxygens (including phenoxy) is 1. The molecule has 0 bridgehead atoms. The average molecular weight is 168 g/mol. The second kappa shape index (κ2) is 3.02. The third-order valence-corrected chi connectivity index (χ3v) is 3.84. The number of rotatable bonds is 3. The van der Waals surface area contributed by atoms with Gasteiger partial charge in [0, 0.05) is 0 Å².